The molecule has 1 amide bonds. The maximum atomic E-state index is 13.0. The van der Waals surface area contributed by atoms with Crippen LogP contribution >= 0.6 is 15.9 Å². The molecule has 0 saturated carbocycles. The normalized spacial score (nSPS) is 10.3. The van der Waals surface area contributed by atoms with Crippen LogP contribution in [0.1, 0.15) is 21.5 Å². The van der Waals surface area contributed by atoms with Gasteiger partial charge in [-0.2, -0.15) is 0 Å². The summed E-state index contributed by atoms with van der Waals surface area (Å²) < 4.78 is 13.9. The second-order valence-corrected chi connectivity index (χ2v) is 5.50. The number of amides is 1. The van der Waals surface area contributed by atoms with Gasteiger partial charge < -0.3 is 5.32 Å². The summed E-state index contributed by atoms with van der Waals surface area (Å²) in [5.74, 6) is -0.338. The Morgan fingerprint density at radius 3 is 2.75 bits per heavy atom. The van der Waals surface area contributed by atoms with E-state index in [4.69, 9.17) is 0 Å². The third-order valence-corrected chi connectivity index (χ3v) is 3.56. The minimum absolute atomic E-state index is 0.105. The molecule has 0 aromatic heterocycles. The smallest absolute Gasteiger partial charge is 0.251 e. The van der Waals surface area contributed by atoms with E-state index in [9.17, 15) is 9.18 Å². The van der Waals surface area contributed by atoms with Crippen molar-refractivity contribution in [3.8, 4) is 0 Å². The van der Waals surface area contributed by atoms with Gasteiger partial charge in [-0.15, -0.1) is 0 Å². The van der Waals surface area contributed by atoms with Crippen LogP contribution in [0.25, 0.3) is 0 Å². The Balaban J connectivity index is 1.91. The van der Waals surface area contributed by atoms with Crippen molar-refractivity contribution < 1.29 is 9.18 Å². The molecular weight excluding hydrogens is 321 g/mol. The molecule has 0 saturated heterocycles. The Morgan fingerprint density at radius 2 is 2.05 bits per heavy atom. The van der Waals surface area contributed by atoms with Crippen LogP contribution in [0.3, 0.4) is 0 Å². The second kappa shape index (κ2) is 6.66. The highest BCUT2D eigenvalue weighted by atomic mass is 79.9. The zero-order valence-electron chi connectivity index (χ0n) is 11.1. The van der Waals surface area contributed by atoms with Gasteiger partial charge >= 0.3 is 0 Å². The van der Waals surface area contributed by atoms with E-state index in [2.05, 4.69) is 21.2 Å². The first-order valence-corrected chi connectivity index (χ1v) is 7.14. The topological polar surface area (TPSA) is 29.1 Å². The van der Waals surface area contributed by atoms with Crippen molar-refractivity contribution in [1.29, 1.82) is 0 Å². The number of halogens is 2. The van der Waals surface area contributed by atoms with E-state index in [-0.39, 0.29) is 11.7 Å². The lowest BCUT2D eigenvalue weighted by atomic mass is 10.1. The SMILES string of the molecule is Cc1cc(F)ccc1CCNC(=O)c1cccc(Br)c1. The second-order valence-electron chi connectivity index (χ2n) is 4.59. The summed E-state index contributed by atoms with van der Waals surface area (Å²) in [4.78, 5) is 11.9. The summed E-state index contributed by atoms with van der Waals surface area (Å²) in [6, 6.07) is 11.9. The lowest BCUT2D eigenvalue weighted by molar-refractivity contribution is 0.0954. The van der Waals surface area contributed by atoms with Gasteiger partial charge in [0.1, 0.15) is 5.82 Å². The first-order valence-electron chi connectivity index (χ1n) is 6.35. The van der Waals surface area contributed by atoms with Gasteiger partial charge in [0.25, 0.3) is 5.91 Å². The highest BCUT2D eigenvalue weighted by Crippen LogP contribution is 2.12. The molecule has 0 fully saturated rings. The van der Waals surface area contributed by atoms with Gasteiger partial charge in [0.15, 0.2) is 0 Å². The largest absolute Gasteiger partial charge is 0.352 e. The molecule has 0 unspecified atom stereocenters. The van der Waals surface area contributed by atoms with Gasteiger partial charge in [-0.1, -0.05) is 28.1 Å². The van der Waals surface area contributed by atoms with Crippen LogP contribution < -0.4 is 5.32 Å². The van der Waals surface area contributed by atoms with Crippen LogP contribution in [0, 0.1) is 12.7 Å². The summed E-state index contributed by atoms with van der Waals surface area (Å²) in [6.07, 6.45) is 0.686. The molecule has 0 aliphatic heterocycles. The maximum Gasteiger partial charge on any atom is 0.251 e. The minimum atomic E-state index is -0.232. The first kappa shape index (κ1) is 14.7. The van der Waals surface area contributed by atoms with Crippen molar-refractivity contribution in [3.05, 3.63) is 69.4 Å². The summed E-state index contributed by atoms with van der Waals surface area (Å²) in [5, 5.41) is 2.86. The van der Waals surface area contributed by atoms with Crippen molar-refractivity contribution in [3.63, 3.8) is 0 Å². The summed E-state index contributed by atoms with van der Waals surface area (Å²) in [6.45, 7) is 2.40. The molecule has 2 aromatic rings. The highest BCUT2D eigenvalue weighted by Gasteiger charge is 2.06. The monoisotopic (exact) mass is 335 g/mol. The number of hydrogen-bond donors (Lipinski definition) is 1. The quantitative estimate of drug-likeness (QED) is 0.902. The van der Waals surface area contributed by atoms with Crippen molar-refractivity contribution in [2.45, 2.75) is 13.3 Å². The summed E-state index contributed by atoms with van der Waals surface area (Å²) in [7, 11) is 0. The van der Waals surface area contributed by atoms with Gasteiger partial charge in [-0.05, 0) is 54.8 Å². The Hall–Kier alpha value is -1.68. The zero-order valence-corrected chi connectivity index (χ0v) is 12.7. The summed E-state index contributed by atoms with van der Waals surface area (Å²) in [5.41, 5.74) is 2.57. The number of aryl methyl sites for hydroxylation is 1. The van der Waals surface area contributed by atoms with Crippen molar-refractivity contribution in [1.82, 2.24) is 5.32 Å². The minimum Gasteiger partial charge on any atom is -0.352 e. The van der Waals surface area contributed by atoms with Gasteiger partial charge in [0.05, 0.1) is 0 Å². The van der Waals surface area contributed by atoms with Crippen molar-refractivity contribution in [2.24, 2.45) is 0 Å². The molecule has 1 N–H and O–H groups in total. The van der Waals surface area contributed by atoms with E-state index >= 15 is 0 Å². The molecule has 0 heterocycles. The van der Waals surface area contributed by atoms with Crippen molar-refractivity contribution >= 4 is 21.8 Å². The van der Waals surface area contributed by atoms with E-state index in [0.29, 0.717) is 18.5 Å². The van der Waals surface area contributed by atoms with Gasteiger partial charge in [0.2, 0.25) is 0 Å². The van der Waals surface area contributed by atoms with E-state index < -0.39 is 0 Å². The molecule has 0 aliphatic rings. The number of carbonyl (C=O) groups is 1. The van der Waals surface area contributed by atoms with Gasteiger partial charge in [-0.3, -0.25) is 4.79 Å². The molecule has 4 heteroatoms. The summed E-state index contributed by atoms with van der Waals surface area (Å²) >= 11 is 3.34. The Bertz CT molecular complexity index is 628. The fraction of sp³-hybridized carbons (Fsp3) is 0.188. The number of rotatable bonds is 4. The lowest BCUT2D eigenvalue weighted by Gasteiger charge is -2.08. The number of nitrogens with one attached hydrogen (secondary N) is 1. The third-order valence-electron chi connectivity index (χ3n) is 3.07. The average Bonchev–Trinajstić information content (AvgIpc) is 2.41. The molecule has 2 aromatic carbocycles. The molecular formula is C16H15BrFNO. The predicted octanol–water partition coefficient (Wildman–Crippen LogP) is 3.87. The molecule has 0 atom stereocenters. The number of carbonyl (C=O) groups excluding carboxylic acids is 1. The van der Waals surface area contributed by atoms with E-state index in [1.165, 1.54) is 12.1 Å². The molecule has 20 heavy (non-hydrogen) atoms. The first-order chi connectivity index (χ1) is 9.56. The van der Waals surface area contributed by atoms with Crippen LogP contribution in [0.4, 0.5) is 4.39 Å². The van der Waals surface area contributed by atoms with Crippen LogP contribution in [0.2, 0.25) is 0 Å². The Kier molecular flexibility index (Phi) is 4.90. The standard InChI is InChI=1S/C16H15BrFNO/c1-11-9-15(18)6-5-12(11)7-8-19-16(20)13-3-2-4-14(17)10-13/h2-6,9-10H,7-8H2,1H3,(H,19,20). The average molecular weight is 336 g/mol. The molecule has 0 spiro atoms. The molecule has 0 bridgehead atoms. The maximum absolute atomic E-state index is 13.0. The molecule has 2 nitrogen and oxygen atoms in total. The van der Waals surface area contributed by atoms with E-state index in [1.54, 1.807) is 18.2 Å². The van der Waals surface area contributed by atoms with Crippen molar-refractivity contribution in [2.75, 3.05) is 6.54 Å². The molecule has 104 valence electrons. The highest BCUT2D eigenvalue weighted by molar-refractivity contribution is 9.10. The number of hydrogen-bond acceptors (Lipinski definition) is 1. The van der Waals surface area contributed by atoms with Crippen LogP contribution in [-0.2, 0) is 6.42 Å². The van der Waals surface area contributed by atoms with Crippen LogP contribution in [-0.4, -0.2) is 12.5 Å². The third kappa shape index (κ3) is 3.90. The van der Waals surface area contributed by atoms with Gasteiger partial charge in [0, 0.05) is 16.6 Å². The van der Waals surface area contributed by atoms with E-state index in [1.807, 2.05) is 19.1 Å². The zero-order chi connectivity index (χ0) is 14.5. The predicted molar refractivity (Wildman–Crippen MR) is 81.3 cm³/mol. The molecule has 2 rings (SSSR count). The van der Waals surface area contributed by atoms with E-state index in [0.717, 1.165) is 15.6 Å². The molecule has 0 radical (unpaired) electrons. The fourth-order valence-electron chi connectivity index (χ4n) is 1.98. The fourth-order valence-corrected chi connectivity index (χ4v) is 2.38. The molecule has 0 aliphatic carbocycles. The Labute approximate surface area is 126 Å². The lowest BCUT2D eigenvalue weighted by Crippen LogP contribution is -2.25. The van der Waals surface area contributed by atoms with Crippen LogP contribution in [0.15, 0.2) is 46.9 Å². The van der Waals surface area contributed by atoms with Crippen LogP contribution in [0.5, 0.6) is 0 Å². The van der Waals surface area contributed by atoms with Gasteiger partial charge in [-0.25, -0.2) is 4.39 Å². The Morgan fingerprint density at radius 1 is 1.25 bits per heavy atom. The number of benzene rings is 2.